The van der Waals surface area contributed by atoms with Gasteiger partial charge in [0.2, 0.25) is 0 Å². The van der Waals surface area contributed by atoms with Crippen molar-refractivity contribution in [2.45, 2.75) is 45.5 Å². The van der Waals surface area contributed by atoms with Gasteiger partial charge in [0.1, 0.15) is 6.04 Å². The van der Waals surface area contributed by atoms with Crippen molar-refractivity contribution in [2.24, 2.45) is 5.92 Å². The zero-order chi connectivity index (χ0) is 23.1. The Hall–Kier alpha value is -2.10. The fourth-order valence-corrected chi connectivity index (χ4v) is 3.51. The van der Waals surface area contributed by atoms with Crippen LogP contribution in [-0.4, -0.2) is 49.9 Å². The van der Waals surface area contributed by atoms with Gasteiger partial charge in [0, 0.05) is 17.3 Å². The van der Waals surface area contributed by atoms with Crippen LogP contribution in [0.25, 0.3) is 0 Å². The van der Waals surface area contributed by atoms with E-state index in [4.69, 9.17) is 32.5 Å². The van der Waals surface area contributed by atoms with Crippen molar-refractivity contribution in [1.29, 1.82) is 0 Å². The molecule has 2 N–H and O–H groups in total. The molecule has 0 aromatic heterocycles. The second-order valence-electron chi connectivity index (χ2n) is 7.84. The van der Waals surface area contributed by atoms with Gasteiger partial charge < -0.3 is 14.6 Å². The Bertz CT molecular complexity index is 851. The van der Waals surface area contributed by atoms with Crippen LogP contribution in [0.1, 0.15) is 44.0 Å². The molecule has 0 unspecified atom stereocenters. The molecule has 0 saturated carbocycles. The number of amides is 1. The van der Waals surface area contributed by atoms with E-state index in [0.717, 1.165) is 0 Å². The van der Waals surface area contributed by atoms with Gasteiger partial charge in [-0.3, -0.25) is 24.5 Å². The van der Waals surface area contributed by atoms with E-state index >= 15 is 0 Å². The summed E-state index contributed by atoms with van der Waals surface area (Å²) in [4.78, 5) is 49.0. The minimum absolute atomic E-state index is 0.0469. The standard InChI is InChI=1S/C20H25BCl2N2O6/c1-11(2)6-13(21-30-18(27)10-24-12(3)20(29)31-21)7-15(26)9-25-19(28)16-8-14(22)4-5-17(16)23/h4-5,8,11-13,24H,6-7,9-10H2,1-3H3,(H,25,28)/t12-,13+/m0/s1. The van der Waals surface area contributed by atoms with E-state index < -0.39 is 36.8 Å². The van der Waals surface area contributed by atoms with Crippen LogP contribution in [0.3, 0.4) is 0 Å². The Morgan fingerprint density at radius 3 is 2.65 bits per heavy atom. The van der Waals surface area contributed by atoms with Gasteiger partial charge in [0.15, 0.2) is 5.78 Å². The first-order valence-electron chi connectivity index (χ1n) is 9.95. The molecule has 31 heavy (non-hydrogen) atoms. The van der Waals surface area contributed by atoms with Crippen molar-refractivity contribution in [1.82, 2.24) is 10.6 Å². The van der Waals surface area contributed by atoms with Crippen molar-refractivity contribution in [2.75, 3.05) is 13.1 Å². The summed E-state index contributed by atoms with van der Waals surface area (Å²) in [7, 11) is -1.17. The van der Waals surface area contributed by atoms with Gasteiger partial charge in [-0.15, -0.1) is 0 Å². The number of halogens is 2. The quantitative estimate of drug-likeness (QED) is 0.561. The molecule has 1 aromatic rings. The number of hydrogen-bond acceptors (Lipinski definition) is 7. The van der Waals surface area contributed by atoms with E-state index in [9.17, 15) is 19.2 Å². The Balaban J connectivity index is 2.04. The van der Waals surface area contributed by atoms with Gasteiger partial charge in [-0.1, -0.05) is 37.0 Å². The Kier molecular flexibility index (Phi) is 9.34. The highest BCUT2D eigenvalue weighted by molar-refractivity contribution is 6.51. The van der Waals surface area contributed by atoms with Crippen LogP contribution in [0.15, 0.2) is 18.2 Å². The lowest BCUT2D eigenvalue weighted by Gasteiger charge is -2.27. The molecule has 1 aromatic carbocycles. The highest BCUT2D eigenvalue weighted by Crippen LogP contribution is 2.27. The molecule has 0 aliphatic carbocycles. The number of Topliss-reactive ketones (excluding diaryl/α,β-unsaturated/α-hetero) is 1. The smallest absolute Gasteiger partial charge is 0.498 e. The van der Waals surface area contributed by atoms with Crippen molar-refractivity contribution >= 4 is 53.9 Å². The van der Waals surface area contributed by atoms with Crippen molar-refractivity contribution in [3.8, 4) is 0 Å². The van der Waals surface area contributed by atoms with Crippen LogP contribution in [0.2, 0.25) is 15.9 Å². The second kappa shape index (κ2) is 11.5. The first-order valence-corrected chi connectivity index (χ1v) is 10.7. The highest BCUT2D eigenvalue weighted by atomic mass is 35.5. The lowest BCUT2D eigenvalue weighted by molar-refractivity contribution is -0.144. The Morgan fingerprint density at radius 1 is 1.26 bits per heavy atom. The van der Waals surface area contributed by atoms with Crippen LogP contribution in [-0.2, 0) is 23.7 Å². The Labute approximate surface area is 191 Å². The normalized spacial score (nSPS) is 18.0. The fraction of sp³-hybridized carbons (Fsp3) is 0.500. The summed E-state index contributed by atoms with van der Waals surface area (Å²) in [5.74, 6) is -2.38. The third-order valence-corrected chi connectivity index (χ3v) is 5.22. The van der Waals surface area contributed by atoms with Gasteiger partial charge >= 0.3 is 19.1 Å². The van der Waals surface area contributed by atoms with Crippen LogP contribution >= 0.6 is 23.2 Å². The van der Waals surface area contributed by atoms with Gasteiger partial charge in [-0.25, -0.2) is 0 Å². The van der Waals surface area contributed by atoms with E-state index in [1.165, 1.54) is 12.1 Å². The molecule has 0 bridgehead atoms. The minimum atomic E-state index is -1.17. The number of nitrogens with one attached hydrogen (secondary N) is 2. The molecule has 8 nitrogen and oxygen atoms in total. The molecule has 1 aliphatic rings. The van der Waals surface area contributed by atoms with Crippen molar-refractivity contribution < 1.29 is 28.5 Å². The van der Waals surface area contributed by atoms with Gasteiger partial charge in [-0.05, 0) is 37.5 Å². The predicted molar refractivity (Wildman–Crippen MR) is 117 cm³/mol. The molecular formula is C20H25BCl2N2O6. The van der Waals surface area contributed by atoms with Crippen LogP contribution in [0.5, 0.6) is 0 Å². The molecular weight excluding hydrogens is 446 g/mol. The molecule has 1 fully saturated rings. The number of rotatable bonds is 8. The molecule has 1 amide bonds. The number of ketones is 1. The monoisotopic (exact) mass is 470 g/mol. The highest BCUT2D eigenvalue weighted by Gasteiger charge is 2.41. The van der Waals surface area contributed by atoms with Gasteiger partial charge in [0.05, 0.1) is 23.7 Å². The molecule has 2 rings (SSSR count). The van der Waals surface area contributed by atoms with E-state index in [1.807, 2.05) is 13.8 Å². The number of carbonyl (C=O) groups is 4. The molecule has 0 spiro atoms. The number of hydrogen-bond donors (Lipinski definition) is 2. The molecule has 2 atom stereocenters. The maximum Gasteiger partial charge on any atom is 0.602 e. The molecule has 0 radical (unpaired) electrons. The topological polar surface area (TPSA) is 111 Å². The largest absolute Gasteiger partial charge is 0.602 e. The summed E-state index contributed by atoms with van der Waals surface area (Å²) in [5.41, 5.74) is 0.157. The lowest BCUT2D eigenvalue weighted by atomic mass is 9.65. The SMILES string of the molecule is CC(C)C[C@H](CC(=O)CNC(=O)c1cc(Cl)ccc1Cl)B1OC(=O)CN[C@@H](C)C(=O)O1. The van der Waals surface area contributed by atoms with E-state index in [2.05, 4.69) is 10.6 Å². The van der Waals surface area contributed by atoms with E-state index in [1.54, 1.807) is 13.0 Å². The molecule has 1 aliphatic heterocycles. The van der Waals surface area contributed by atoms with Crippen molar-refractivity contribution in [3.05, 3.63) is 33.8 Å². The first-order chi connectivity index (χ1) is 14.6. The maximum atomic E-state index is 12.6. The van der Waals surface area contributed by atoms with Crippen LogP contribution in [0.4, 0.5) is 0 Å². The predicted octanol–water partition coefficient (Wildman–Crippen LogP) is 2.67. The first kappa shape index (κ1) is 25.2. The molecule has 168 valence electrons. The maximum absolute atomic E-state index is 12.6. The Morgan fingerprint density at radius 2 is 1.97 bits per heavy atom. The lowest BCUT2D eigenvalue weighted by Crippen LogP contribution is -2.48. The summed E-state index contributed by atoms with van der Waals surface area (Å²) in [6, 6.07) is 3.78. The average Bonchev–Trinajstić information content (AvgIpc) is 2.69. The molecule has 11 heteroatoms. The molecule has 1 heterocycles. The average molecular weight is 471 g/mol. The summed E-state index contributed by atoms with van der Waals surface area (Å²) in [5, 5.41) is 5.77. The van der Waals surface area contributed by atoms with Crippen LogP contribution in [0, 0.1) is 5.92 Å². The molecule has 1 saturated heterocycles. The summed E-state index contributed by atoms with van der Waals surface area (Å²) in [6.45, 7) is 5.07. The third kappa shape index (κ3) is 7.83. The minimum Gasteiger partial charge on any atom is -0.498 e. The summed E-state index contributed by atoms with van der Waals surface area (Å²) >= 11 is 11.9. The number of carbonyl (C=O) groups excluding carboxylic acids is 4. The third-order valence-electron chi connectivity index (χ3n) is 4.65. The van der Waals surface area contributed by atoms with Gasteiger partial charge in [-0.2, -0.15) is 0 Å². The zero-order valence-corrected chi connectivity index (χ0v) is 19.1. The van der Waals surface area contributed by atoms with E-state index in [0.29, 0.717) is 11.4 Å². The second-order valence-corrected chi connectivity index (χ2v) is 8.68. The van der Waals surface area contributed by atoms with Gasteiger partial charge in [0.25, 0.3) is 5.91 Å². The number of benzene rings is 1. The summed E-state index contributed by atoms with van der Waals surface area (Å²) < 4.78 is 10.6. The van der Waals surface area contributed by atoms with Crippen LogP contribution < -0.4 is 10.6 Å². The van der Waals surface area contributed by atoms with Crippen molar-refractivity contribution in [3.63, 3.8) is 0 Å². The summed E-state index contributed by atoms with van der Waals surface area (Å²) in [6.07, 6.45) is 0.432. The fourth-order valence-electron chi connectivity index (χ4n) is 3.13. The van der Waals surface area contributed by atoms with E-state index in [-0.39, 0.29) is 41.8 Å². The zero-order valence-electron chi connectivity index (χ0n) is 17.6.